The molecule has 0 aromatic heterocycles. The van der Waals surface area contributed by atoms with E-state index >= 15 is 0 Å². The quantitative estimate of drug-likeness (QED) is 0.659. The number of benzene rings is 1. The molecule has 0 bridgehead atoms. The van der Waals surface area contributed by atoms with Crippen molar-refractivity contribution in [1.29, 1.82) is 0 Å². The number of nitro benzene ring substituents is 1. The Morgan fingerprint density at radius 2 is 1.95 bits per heavy atom. The molecule has 6 heteroatoms. The van der Waals surface area contributed by atoms with Gasteiger partial charge in [0.25, 0.3) is 5.69 Å². The summed E-state index contributed by atoms with van der Waals surface area (Å²) in [6.07, 6.45) is 0. The molecule has 2 saturated heterocycles. The van der Waals surface area contributed by atoms with E-state index in [1.54, 1.807) is 13.0 Å². The normalized spacial score (nSPS) is 20.8. The van der Waals surface area contributed by atoms with Crippen molar-refractivity contribution in [3.8, 4) is 0 Å². The fourth-order valence-electron chi connectivity index (χ4n) is 2.87. The first kappa shape index (κ1) is 13.3. The first-order valence-electron chi connectivity index (χ1n) is 7.10. The Bertz CT molecular complexity index is 508. The fraction of sp³-hybridized carbons (Fsp3) is 0.571. The maximum absolute atomic E-state index is 11.0. The zero-order valence-corrected chi connectivity index (χ0v) is 11.7. The molecule has 2 heterocycles. The average molecular weight is 276 g/mol. The van der Waals surface area contributed by atoms with Crippen molar-refractivity contribution in [3.63, 3.8) is 0 Å². The van der Waals surface area contributed by atoms with Crippen molar-refractivity contribution in [1.82, 2.24) is 10.2 Å². The highest BCUT2D eigenvalue weighted by Crippen LogP contribution is 2.26. The number of nitro groups is 1. The maximum Gasteiger partial charge on any atom is 0.274 e. The number of rotatable bonds is 3. The van der Waals surface area contributed by atoms with Gasteiger partial charge in [-0.05, 0) is 13.0 Å². The van der Waals surface area contributed by atoms with E-state index in [9.17, 15) is 10.1 Å². The van der Waals surface area contributed by atoms with Crippen LogP contribution in [0.5, 0.6) is 0 Å². The van der Waals surface area contributed by atoms with Gasteiger partial charge in [-0.15, -0.1) is 0 Å². The number of hydrogen-bond donors (Lipinski definition) is 1. The van der Waals surface area contributed by atoms with Gasteiger partial charge in [0.15, 0.2) is 0 Å². The Balaban J connectivity index is 1.68. The van der Waals surface area contributed by atoms with Crippen LogP contribution in [0.15, 0.2) is 18.2 Å². The molecule has 0 atom stereocenters. The molecule has 3 rings (SSSR count). The molecule has 20 heavy (non-hydrogen) atoms. The first-order valence-corrected chi connectivity index (χ1v) is 7.10. The van der Waals surface area contributed by atoms with Crippen molar-refractivity contribution < 1.29 is 4.92 Å². The Labute approximate surface area is 118 Å². The van der Waals surface area contributed by atoms with Crippen molar-refractivity contribution in [2.24, 2.45) is 0 Å². The van der Waals surface area contributed by atoms with Gasteiger partial charge in [0.1, 0.15) is 0 Å². The molecule has 1 N–H and O–H groups in total. The summed E-state index contributed by atoms with van der Waals surface area (Å²) >= 11 is 0. The lowest BCUT2D eigenvalue weighted by molar-refractivity contribution is -0.385. The third-order valence-corrected chi connectivity index (χ3v) is 4.35. The molecule has 108 valence electrons. The second kappa shape index (κ2) is 5.38. The van der Waals surface area contributed by atoms with Crippen LogP contribution in [-0.4, -0.2) is 55.1 Å². The number of anilines is 1. The highest BCUT2D eigenvalue weighted by atomic mass is 16.6. The molecular formula is C14H20N4O2. The zero-order valence-electron chi connectivity index (χ0n) is 11.7. The second-order valence-corrected chi connectivity index (χ2v) is 5.56. The molecule has 0 aliphatic carbocycles. The standard InChI is InChI=1S/C14H20N4O2/c1-11-2-3-12(8-14(11)18(19)20)16-4-6-17(7-5-16)13-9-15-10-13/h2-3,8,13,15H,4-7,9-10H2,1H3. The molecule has 0 unspecified atom stereocenters. The summed E-state index contributed by atoms with van der Waals surface area (Å²) < 4.78 is 0. The monoisotopic (exact) mass is 276 g/mol. The van der Waals surface area contributed by atoms with Crippen molar-refractivity contribution >= 4 is 11.4 Å². The summed E-state index contributed by atoms with van der Waals surface area (Å²) in [5.41, 5.74) is 1.90. The number of piperazine rings is 1. The number of nitrogens with zero attached hydrogens (tertiary/aromatic N) is 3. The molecule has 0 saturated carbocycles. The third kappa shape index (κ3) is 2.48. The molecule has 1 aromatic rings. The lowest BCUT2D eigenvalue weighted by atomic mass is 10.1. The van der Waals surface area contributed by atoms with E-state index in [0.29, 0.717) is 6.04 Å². The first-order chi connectivity index (χ1) is 9.65. The van der Waals surface area contributed by atoms with Crippen LogP contribution in [0.2, 0.25) is 0 Å². The van der Waals surface area contributed by atoms with E-state index in [4.69, 9.17) is 0 Å². The number of hydrogen-bond acceptors (Lipinski definition) is 5. The Morgan fingerprint density at radius 3 is 2.50 bits per heavy atom. The molecule has 0 radical (unpaired) electrons. The molecule has 0 spiro atoms. The largest absolute Gasteiger partial charge is 0.369 e. The summed E-state index contributed by atoms with van der Waals surface area (Å²) in [5.74, 6) is 0. The topological polar surface area (TPSA) is 61.6 Å². The Hall–Kier alpha value is -1.66. The van der Waals surface area contributed by atoms with Gasteiger partial charge in [-0.3, -0.25) is 15.0 Å². The molecule has 2 aliphatic heterocycles. The van der Waals surface area contributed by atoms with Crippen molar-refractivity contribution in [2.75, 3.05) is 44.2 Å². The van der Waals surface area contributed by atoms with E-state index in [0.717, 1.165) is 50.5 Å². The van der Waals surface area contributed by atoms with Gasteiger partial charge >= 0.3 is 0 Å². The second-order valence-electron chi connectivity index (χ2n) is 5.56. The van der Waals surface area contributed by atoms with Gasteiger partial charge in [0, 0.05) is 62.6 Å². The maximum atomic E-state index is 11.0. The highest BCUT2D eigenvalue weighted by molar-refractivity contribution is 5.56. The lowest BCUT2D eigenvalue weighted by Gasteiger charge is -2.43. The van der Waals surface area contributed by atoms with Crippen molar-refractivity contribution in [2.45, 2.75) is 13.0 Å². The molecule has 0 amide bonds. The van der Waals surface area contributed by atoms with Crippen LogP contribution < -0.4 is 10.2 Å². The predicted octanol–water partition coefficient (Wildman–Crippen LogP) is 0.997. The van der Waals surface area contributed by atoms with Crippen LogP contribution in [0.3, 0.4) is 0 Å². The van der Waals surface area contributed by atoms with E-state index in [1.165, 1.54) is 0 Å². The average Bonchev–Trinajstić information content (AvgIpc) is 2.38. The van der Waals surface area contributed by atoms with Gasteiger partial charge in [-0.25, -0.2) is 0 Å². The minimum atomic E-state index is -0.297. The highest BCUT2D eigenvalue weighted by Gasteiger charge is 2.28. The van der Waals surface area contributed by atoms with E-state index < -0.39 is 0 Å². The van der Waals surface area contributed by atoms with Gasteiger partial charge in [-0.2, -0.15) is 0 Å². The SMILES string of the molecule is Cc1ccc(N2CCN(C3CNC3)CC2)cc1[N+](=O)[O-]. The van der Waals surface area contributed by atoms with Crippen LogP contribution >= 0.6 is 0 Å². The van der Waals surface area contributed by atoms with Gasteiger partial charge in [-0.1, -0.05) is 6.07 Å². The number of nitrogens with one attached hydrogen (secondary N) is 1. The van der Waals surface area contributed by atoms with Crippen molar-refractivity contribution in [3.05, 3.63) is 33.9 Å². The lowest BCUT2D eigenvalue weighted by Crippen LogP contribution is -2.61. The summed E-state index contributed by atoms with van der Waals surface area (Å²) in [5, 5.41) is 14.3. The van der Waals surface area contributed by atoms with Gasteiger partial charge < -0.3 is 10.2 Å². The van der Waals surface area contributed by atoms with Crippen LogP contribution in [0.4, 0.5) is 11.4 Å². The molecule has 2 fully saturated rings. The van der Waals surface area contributed by atoms with Crippen LogP contribution in [-0.2, 0) is 0 Å². The number of aryl methyl sites for hydroxylation is 1. The Kier molecular flexibility index (Phi) is 3.58. The van der Waals surface area contributed by atoms with Crippen LogP contribution in [0, 0.1) is 17.0 Å². The molecule has 2 aliphatic rings. The van der Waals surface area contributed by atoms with Crippen LogP contribution in [0.25, 0.3) is 0 Å². The minimum absolute atomic E-state index is 0.216. The fourth-order valence-corrected chi connectivity index (χ4v) is 2.87. The van der Waals surface area contributed by atoms with Crippen LogP contribution in [0.1, 0.15) is 5.56 Å². The Morgan fingerprint density at radius 1 is 1.25 bits per heavy atom. The minimum Gasteiger partial charge on any atom is -0.369 e. The molecule has 1 aromatic carbocycles. The molecule has 6 nitrogen and oxygen atoms in total. The summed E-state index contributed by atoms with van der Waals surface area (Å²) in [6.45, 7) is 7.92. The van der Waals surface area contributed by atoms with Gasteiger partial charge in [0.2, 0.25) is 0 Å². The third-order valence-electron chi connectivity index (χ3n) is 4.35. The zero-order chi connectivity index (χ0) is 14.1. The van der Waals surface area contributed by atoms with E-state index in [1.807, 2.05) is 12.1 Å². The molecular weight excluding hydrogens is 256 g/mol. The predicted molar refractivity (Wildman–Crippen MR) is 78.3 cm³/mol. The summed E-state index contributed by atoms with van der Waals surface area (Å²) in [4.78, 5) is 15.5. The smallest absolute Gasteiger partial charge is 0.274 e. The van der Waals surface area contributed by atoms with E-state index in [-0.39, 0.29) is 10.6 Å². The van der Waals surface area contributed by atoms with Gasteiger partial charge in [0.05, 0.1) is 4.92 Å². The summed E-state index contributed by atoms with van der Waals surface area (Å²) in [6, 6.07) is 6.22. The van der Waals surface area contributed by atoms with E-state index in [2.05, 4.69) is 15.1 Å². The summed E-state index contributed by atoms with van der Waals surface area (Å²) in [7, 11) is 0.